The fourth-order valence-corrected chi connectivity index (χ4v) is 3.10. The smallest absolute Gasteiger partial charge is 0.281 e. The summed E-state index contributed by atoms with van der Waals surface area (Å²) in [5.41, 5.74) is 1.72. The summed E-state index contributed by atoms with van der Waals surface area (Å²) < 4.78 is 1.36. The number of halogens is 2. The van der Waals surface area contributed by atoms with Crippen molar-refractivity contribution in [2.75, 3.05) is 5.32 Å². The first-order chi connectivity index (χ1) is 13.3. The van der Waals surface area contributed by atoms with Gasteiger partial charge in [0.25, 0.3) is 17.8 Å². The highest BCUT2D eigenvalue weighted by atomic mass is 35.5. The number of hydrogen-bond donors (Lipinski definition) is 1. The Bertz CT molecular complexity index is 1100. The van der Waals surface area contributed by atoms with E-state index in [-0.39, 0.29) is 22.1 Å². The fraction of sp³-hybridized carbons (Fsp3) is 0.211. The summed E-state index contributed by atoms with van der Waals surface area (Å²) in [7, 11) is 0. The molecule has 0 radical (unpaired) electrons. The second-order valence-corrected chi connectivity index (χ2v) is 7.46. The topological polar surface area (TPSA) is 88.7 Å². The summed E-state index contributed by atoms with van der Waals surface area (Å²) in [4.78, 5) is 33.0. The molecule has 1 saturated carbocycles. The lowest BCUT2D eigenvalue weighted by molar-refractivity contribution is -0.113. The molecule has 0 unspecified atom stereocenters. The number of amides is 2. The lowest BCUT2D eigenvalue weighted by atomic mass is 10.2. The molecule has 9 heteroatoms. The van der Waals surface area contributed by atoms with E-state index < -0.39 is 11.8 Å². The summed E-state index contributed by atoms with van der Waals surface area (Å²) in [6.07, 6.45) is 2.05. The lowest BCUT2D eigenvalue weighted by Gasteiger charge is -2.13. The van der Waals surface area contributed by atoms with E-state index in [0.717, 1.165) is 18.5 Å². The Morgan fingerprint density at radius 3 is 2.68 bits per heavy atom. The first-order valence-electron chi connectivity index (χ1n) is 8.58. The second kappa shape index (κ2) is 7.00. The normalized spacial score (nSPS) is 16.7. The van der Waals surface area contributed by atoms with Gasteiger partial charge in [0.15, 0.2) is 0 Å². The van der Waals surface area contributed by atoms with Crippen molar-refractivity contribution in [1.29, 1.82) is 0 Å². The standard InChI is InChI=1S/C19H15Cl2N5O2/c1-9-10(2)22-19(24-17(9)27)26-16(8-15(25-26)11-3-4-11)23-18(28)13-7-12(20)5-6-14(13)21/h5-8,11H,1,3-4H2,2H3,(H,23,28). The number of nitrogens with one attached hydrogen (secondary N) is 1. The van der Waals surface area contributed by atoms with Crippen molar-refractivity contribution in [3.05, 3.63) is 57.7 Å². The number of rotatable bonds is 3. The van der Waals surface area contributed by atoms with Crippen molar-refractivity contribution in [2.24, 2.45) is 9.98 Å². The third-order valence-electron chi connectivity index (χ3n) is 4.49. The number of carbonyl (C=O) groups excluding carboxylic acids is 2. The minimum Gasteiger partial charge on any atom is -0.306 e. The Morgan fingerprint density at radius 1 is 1.25 bits per heavy atom. The van der Waals surface area contributed by atoms with Crippen LogP contribution in [0.1, 0.15) is 41.7 Å². The van der Waals surface area contributed by atoms with E-state index >= 15 is 0 Å². The molecule has 2 aliphatic rings. The van der Waals surface area contributed by atoms with Crippen molar-refractivity contribution >= 4 is 52.5 Å². The Hall–Kier alpha value is -2.77. The van der Waals surface area contributed by atoms with Gasteiger partial charge in [-0.05, 0) is 38.0 Å². The van der Waals surface area contributed by atoms with Gasteiger partial charge in [0.05, 0.1) is 27.6 Å². The summed E-state index contributed by atoms with van der Waals surface area (Å²) in [6.45, 7) is 5.33. The largest absolute Gasteiger partial charge is 0.306 e. The molecule has 1 aromatic heterocycles. The van der Waals surface area contributed by atoms with Crippen molar-refractivity contribution in [1.82, 2.24) is 9.78 Å². The maximum atomic E-state index is 12.7. The van der Waals surface area contributed by atoms with E-state index in [9.17, 15) is 9.59 Å². The molecule has 1 aliphatic heterocycles. The van der Waals surface area contributed by atoms with E-state index in [1.807, 2.05) is 0 Å². The first kappa shape index (κ1) is 18.6. The van der Waals surface area contributed by atoms with Crippen LogP contribution in [-0.2, 0) is 4.79 Å². The number of aromatic nitrogens is 2. The highest BCUT2D eigenvalue weighted by molar-refractivity contribution is 6.36. The Morgan fingerprint density at radius 2 is 2.00 bits per heavy atom. The molecule has 2 heterocycles. The van der Waals surface area contributed by atoms with Gasteiger partial charge in [0.2, 0.25) is 0 Å². The molecule has 1 aliphatic carbocycles. The predicted octanol–water partition coefficient (Wildman–Crippen LogP) is 4.08. The van der Waals surface area contributed by atoms with Gasteiger partial charge in [-0.3, -0.25) is 9.59 Å². The van der Waals surface area contributed by atoms with Crippen LogP contribution >= 0.6 is 23.2 Å². The van der Waals surface area contributed by atoms with Crippen LogP contribution in [0.25, 0.3) is 0 Å². The van der Waals surface area contributed by atoms with E-state index in [0.29, 0.717) is 22.5 Å². The quantitative estimate of drug-likeness (QED) is 0.765. The van der Waals surface area contributed by atoms with Crippen LogP contribution in [0, 0.1) is 0 Å². The maximum Gasteiger partial charge on any atom is 0.281 e. The lowest BCUT2D eigenvalue weighted by Crippen LogP contribution is -2.25. The molecular formula is C19H15Cl2N5O2. The maximum absolute atomic E-state index is 12.7. The monoisotopic (exact) mass is 415 g/mol. The molecule has 0 bridgehead atoms. The highest BCUT2D eigenvalue weighted by Gasteiger charge is 2.30. The van der Waals surface area contributed by atoms with Gasteiger partial charge in [-0.25, -0.2) is 4.99 Å². The van der Waals surface area contributed by atoms with E-state index in [4.69, 9.17) is 23.2 Å². The number of aliphatic imine (C=N–C) groups is 2. The molecule has 1 N–H and O–H groups in total. The molecule has 7 nitrogen and oxygen atoms in total. The summed E-state index contributed by atoms with van der Waals surface area (Å²) >= 11 is 12.1. The van der Waals surface area contributed by atoms with Crippen LogP contribution in [0.15, 0.2) is 46.4 Å². The molecule has 1 aromatic carbocycles. The first-order valence-corrected chi connectivity index (χ1v) is 9.33. The van der Waals surface area contributed by atoms with Crippen molar-refractivity contribution in [3.63, 3.8) is 0 Å². The summed E-state index contributed by atoms with van der Waals surface area (Å²) in [5, 5.41) is 7.93. The summed E-state index contributed by atoms with van der Waals surface area (Å²) in [5.74, 6) is -0.190. The van der Waals surface area contributed by atoms with Gasteiger partial charge < -0.3 is 5.32 Å². The van der Waals surface area contributed by atoms with Gasteiger partial charge in [-0.1, -0.05) is 29.8 Å². The van der Waals surface area contributed by atoms with Crippen LogP contribution in [-0.4, -0.2) is 33.3 Å². The zero-order chi connectivity index (χ0) is 20.0. The number of benzene rings is 1. The molecule has 2 aromatic rings. The van der Waals surface area contributed by atoms with Gasteiger partial charge in [0.1, 0.15) is 5.82 Å². The Labute approximate surface area is 170 Å². The van der Waals surface area contributed by atoms with E-state index in [2.05, 4.69) is 27.0 Å². The molecular weight excluding hydrogens is 401 g/mol. The third kappa shape index (κ3) is 3.50. The molecule has 0 saturated heterocycles. The zero-order valence-electron chi connectivity index (χ0n) is 14.9. The number of nitrogens with zero attached hydrogens (tertiary/aromatic N) is 4. The minimum absolute atomic E-state index is 0.0780. The Kier molecular flexibility index (Phi) is 4.64. The fourth-order valence-electron chi connectivity index (χ4n) is 2.72. The van der Waals surface area contributed by atoms with Crippen molar-refractivity contribution in [2.45, 2.75) is 25.7 Å². The minimum atomic E-state index is -0.485. The summed E-state index contributed by atoms with van der Waals surface area (Å²) in [6, 6.07) is 6.39. The SMILES string of the molecule is C=C1C(=O)N=C(n2nc(C3CC3)cc2NC(=O)c2cc(Cl)ccc2Cl)N=C1C. The van der Waals surface area contributed by atoms with E-state index in [1.165, 1.54) is 10.7 Å². The highest BCUT2D eigenvalue weighted by Crippen LogP contribution is 2.40. The molecule has 28 heavy (non-hydrogen) atoms. The van der Waals surface area contributed by atoms with Crippen molar-refractivity contribution < 1.29 is 9.59 Å². The molecule has 1 fully saturated rings. The van der Waals surface area contributed by atoms with Gasteiger partial charge in [-0.15, -0.1) is 0 Å². The zero-order valence-corrected chi connectivity index (χ0v) is 16.4. The molecule has 2 amide bonds. The van der Waals surface area contributed by atoms with Crippen LogP contribution in [0.5, 0.6) is 0 Å². The predicted molar refractivity (Wildman–Crippen MR) is 109 cm³/mol. The van der Waals surface area contributed by atoms with Crippen LogP contribution in [0.3, 0.4) is 0 Å². The molecule has 0 spiro atoms. The Balaban J connectivity index is 1.72. The number of anilines is 1. The third-order valence-corrected chi connectivity index (χ3v) is 5.06. The average molecular weight is 416 g/mol. The van der Waals surface area contributed by atoms with Crippen molar-refractivity contribution in [3.8, 4) is 0 Å². The second-order valence-electron chi connectivity index (χ2n) is 6.61. The van der Waals surface area contributed by atoms with Gasteiger partial charge >= 0.3 is 0 Å². The average Bonchev–Trinajstić information content (AvgIpc) is 3.42. The number of hydrogen-bond acceptors (Lipinski definition) is 4. The number of carbonyl (C=O) groups is 2. The van der Waals surface area contributed by atoms with Crippen LogP contribution in [0.4, 0.5) is 5.82 Å². The molecule has 4 rings (SSSR count). The van der Waals surface area contributed by atoms with Gasteiger partial charge in [-0.2, -0.15) is 14.8 Å². The van der Waals surface area contributed by atoms with Gasteiger partial charge in [0, 0.05) is 17.0 Å². The van der Waals surface area contributed by atoms with Crippen LogP contribution < -0.4 is 5.32 Å². The van der Waals surface area contributed by atoms with Crippen LogP contribution in [0.2, 0.25) is 10.0 Å². The molecule has 142 valence electrons. The van der Waals surface area contributed by atoms with E-state index in [1.54, 1.807) is 25.1 Å². The molecule has 0 atom stereocenters.